The minimum atomic E-state index is -0.953. The van der Waals surface area contributed by atoms with Gasteiger partial charge in [-0.3, -0.25) is 9.59 Å². The lowest BCUT2D eigenvalue weighted by molar-refractivity contribution is -0.151. The zero-order valence-electron chi connectivity index (χ0n) is 10.4. The third-order valence-electron chi connectivity index (χ3n) is 2.44. The largest absolute Gasteiger partial charge is 0.457 e. The molecule has 2 atom stereocenters. The van der Waals surface area contributed by atoms with Crippen molar-refractivity contribution in [2.24, 2.45) is 5.73 Å². The standard InChI is InChI=1S/C13H16FNO3/c1-8(16)7-12(15)13(17)18-9(2)10-3-5-11(14)6-4-10/h3-6,9,12H,7,15H2,1-2H3. The minimum Gasteiger partial charge on any atom is -0.457 e. The molecule has 0 aliphatic carbocycles. The van der Waals surface area contributed by atoms with E-state index < -0.39 is 18.1 Å². The molecule has 98 valence electrons. The Kier molecular flexibility index (Phi) is 4.97. The molecule has 5 heteroatoms. The number of ether oxygens (including phenoxy) is 1. The molecule has 0 aromatic heterocycles. The smallest absolute Gasteiger partial charge is 0.323 e. The van der Waals surface area contributed by atoms with Crippen LogP contribution in [0.5, 0.6) is 0 Å². The number of carbonyl (C=O) groups is 2. The van der Waals surface area contributed by atoms with Crippen molar-refractivity contribution in [2.75, 3.05) is 0 Å². The summed E-state index contributed by atoms with van der Waals surface area (Å²) in [5.41, 5.74) is 6.18. The summed E-state index contributed by atoms with van der Waals surface area (Å²) in [4.78, 5) is 22.4. The van der Waals surface area contributed by atoms with E-state index in [2.05, 4.69) is 0 Å². The molecule has 0 radical (unpaired) electrons. The highest BCUT2D eigenvalue weighted by Crippen LogP contribution is 2.17. The molecule has 1 aromatic carbocycles. The van der Waals surface area contributed by atoms with Crippen LogP contribution in [0, 0.1) is 5.82 Å². The van der Waals surface area contributed by atoms with E-state index in [1.807, 2.05) is 0 Å². The topological polar surface area (TPSA) is 69.4 Å². The summed E-state index contributed by atoms with van der Waals surface area (Å²) < 4.78 is 17.8. The molecule has 2 unspecified atom stereocenters. The zero-order valence-corrected chi connectivity index (χ0v) is 10.4. The molecule has 0 saturated heterocycles. The van der Waals surface area contributed by atoms with E-state index >= 15 is 0 Å². The zero-order chi connectivity index (χ0) is 13.7. The molecule has 0 aliphatic heterocycles. The Morgan fingerprint density at radius 2 is 1.89 bits per heavy atom. The van der Waals surface area contributed by atoms with Crippen LogP contribution < -0.4 is 5.73 Å². The van der Waals surface area contributed by atoms with Crippen LogP contribution in [-0.4, -0.2) is 17.8 Å². The van der Waals surface area contributed by atoms with Crippen molar-refractivity contribution in [1.29, 1.82) is 0 Å². The first kappa shape index (κ1) is 14.3. The Balaban J connectivity index is 2.59. The predicted molar refractivity (Wildman–Crippen MR) is 64.2 cm³/mol. The number of rotatable bonds is 5. The van der Waals surface area contributed by atoms with Gasteiger partial charge in [-0.15, -0.1) is 0 Å². The van der Waals surface area contributed by atoms with Crippen LogP contribution in [0.15, 0.2) is 24.3 Å². The summed E-state index contributed by atoms with van der Waals surface area (Å²) in [5, 5.41) is 0. The SMILES string of the molecule is CC(=O)CC(N)C(=O)OC(C)c1ccc(F)cc1. The fraction of sp³-hybridized carbons (Fsp3) is 0.385. The Bertz CT molecular complexity index is 430. The highest BCUT2D eigenvalue weighted by Gasteiger charge is 2.20. The molecule has 18 heavy (non-hydrogen) atoms. The summed E-state index contributed by atoms with van der Waals surface area (Å²) in [7, 11) is 0. The maximum atomic E-state index is 12.7. The molecule has 0 aliphatic rings. The van der Waals surface area contributed by atoms with E-state index in [0.717, 1.165) is 0 Å². The van der Waals surface area contributed by atoms with Gasteiger partial charge in [0.2, 0.25) is 0 Å². The van der Waals surface area contributed by atoms with E-state index in [9.17, 15) is 14.0 Å². The van der Waals surface area contributed by atoms with E-state index in [4.69, 9.17) is 10.5 Å². The summed E-state index contributed by atoms with van der Waals surface area (Å²) in [6, 6.07) is 4.68. The Morgan fingerprint density at radius 1 is 1.33 bits per heavy atom. The van der Waals surface area contributed by atoms with Crippen LogP contribution in [0.4, 0.5) is 4.39 Å². The van der Waals surface area contributed by atoms with Crippen LogP contribution in [0.1, 0.15) is 31.9 Å². The average molecular weight is 253 g/mol. The first-order valence-corrected chi connectivity index (χ1v) is 5.61. The van der Waals surface area contributed by atoms with E-state index in [0.29, 0.717) is 5.56 Å². The molecule has 0 heterocycles. The molecule has 2 N–H and O–H groups in total. The number of carbonyl (C=O) groups excluding carboxylic acids is 2. The molecule has 0 bridgehead atoms. The van der Waals surface area contributed by atoms with Crippen molar-refractivity contribution in [3.05, 3.63) is 35.6 Å². The Morgan fingerprint density at radius 3 is 2.39 bits per heavy atom. The lowest BCUT2D eigenvalue weighted by atomic mass is 10.1. The fourth-order valence-corrected chi connectivity index (χ4v) is 1.46. The molecule has 4 nitrogen and oxygen atoms in total. The molecule has 0 fully saturated rings. The van der Waals surface area contributed by atoms with Crippen LogP contribution in [0.25, 0.3) is 0 Å². The molecular weight excluding hydrogens is 237 g/mol. The number of halogens is 1. The van der Waals surface area contributed by atoms with Crippen molar-refractivity contribution in [1.82, 2.24) is 0 Å². The minimum absolute atomic E-state index is 0.0467. The van der Waals surface area contributed by atoms with Gasteiger partial charge in [-0.2, -0.15) is 0 Å². The van der Waals surface area contributed by atoms with Crippen molar-refractivity contribution in [2.45, 2.75) is 32.4 Å². The van der Waals surface area contributed by atoms with Crippen molar-refractivity contribution in [3.63, 3.8) is 0 Å². The van der Waals surface area contributed by atoms with Crippen molar-refractivity contribution < 1.29 is 18.7 Å². The monoisotopic (exact) mass is 253 g/mol. The van der Waals surface area contributed by atoms with Gasteiger partial charge < -0.3 is 10.5 Å². The Labute approximate surface area is 105 Å². The summed E-state index contributed by atoms with van der Waals surface area (Å²) >= 11 is 0. The van der Waals surface area contributed by atoms with Crippen LogP contribution >= 0.6 is 0 Å². The number of nitrogens with two attached hydrogens (primary N) is 1. The van der Waals surface area contributed by atoms with Gasteiger partial charge in [-0.25, -0.2) is 4.39 Å². The van der Waals surface area contributed by atoms with Gasteiger partial charge in [-0.05, 0) is 31.5 Å². The maximum absolute atomic E-state index is 12.7. The molecule has 1 aromatic rings. The van der Waals surface area contributed by atoms with Gasteiger partial charge in [0.1, 0.15) is 23.7 Å². The third-order valence-corrected chi connectivity index (χ3v) is 2.44. The summed E-state index contributed by atoms with van der Waals surface area (Å²) in [6.07, 6.45) is -0.578. The number of benzene rings is 1. The van der Waals surface area contributed by atoms with Crippen LogP contribution in [-0.2, 0) is 14.3 Å². The number of esters is 1. The van der Waals surface area contributed by atoms with Gasteiger partial charge in [-0.1, -0.05) is 12.1 Å². The number of Topliss-reactive ketones (excluding diaryl/α,β-unsaturated/α-hetero) is 1. The molecule has 1 rings (SSSR count). The van der Waals surface area contributed by atoms with Gasteiger partial charge >= 0.3 is 5.97 Å². The highest BCUT2D eigenvalue weighted by molar-refractivity contribution is 5.85. The Hall–Kier alpha value is -1.75. The second-order valence-electron chi connectivity index (χ2n) is 4.14. The van der Waals surface area contributed by atoms with Crippen LogP contribution in [0.2, 0.25) is 0 Å². The van der Waals surface area contributed by atoms with Gasteiger partial charge in [0.25, 0.3) is 0 Å². The van der Waals surface area contributed by atoms with E-state index in [1.54, 1.807) is 6.92 Å². The van der Waals surface area contributed by atoms with Crippen molar-refractivity contribution >= 4 is 11.8 Å². The van der Waals surface area contributed by atoms with E-state index in [-0.39, 0.29) is 18.0 Å². The van der Waals surface area contributed by atoms with E-state index in [1.165, 1.54) is 31.2 Å². The fourth-order valence-electron chi connectivity index (χ4n) is 1.46. The highest BCUT2D eigenvalue weighted by atomic mass is 19.1. The first-order chi connectivity index (χ1) is 8.40. The quantitative estimate of drug-likeness (QED) is 0.811. The van der Waals surface area contributed by atoms with Crippen LogP contribution in [0.3, 0.4) is 0 Å². The van der Waals surface area contributed by atoms with Crippen molar-refractivity contribution in [3.8, 4) is 0 Å². The molecule has 0 amide bonds. The normalized spacial score (nSPS) is 13.8. The second-order valence-corrected chi connectivity index (χ2v) is 4.14. The molecule has 0 saturated carbocycles. The second kappa shape index (κ2) is 6.26. The third kappa shape index (κ3) is 4.25. The van der Waals surface area contributed by atoms with Gasteiger partial charge in [0.15, 0.2) is 0 Å². The summed E-state index contributed by atoms with van der Waals surface area (Å²) in [6.45, 7) is 3.02. The molecule has 0 spiro atoms. The van der Waals surface area contributed by atoms with Gasteiger partial charge in [0.05, 0.1) is 0 Å². The summed E-state index contributed by atoms with van der Waals surface area (Å²) in [5.74, 6) is -1.17. The lowest BCUT2D eigenvalue weighted by Gasteiger charge is -2.16. The predicted octanol–water partition coefficient (Wildman–Crippen LogP) is 1.74. The maximum Gasteiger partial charge on any atom is 0.323 e. The van der Waals surface area contributed by atoms with Gasteiger partial charge in [0, 0.05) is 6.42 Å². The average Bonchev–Trinajstić information content (AvgIpc) is 2.28. The number of ketones is 1. The number of hydrogen-bond acceptors (Lipinski definition) is 4. The first-order valence-electron chi connectivity index (χ1n) is 5.61. The lowest BCUT2D eigenvalue weighted by Crippen LogP contribution is -2.34. The molecular formula is C13H16FNO3. The number of hydrogen-bond donors (Lipinski definition) is 1.